The lowest BCUT2D eigenvalue weighted by Crippen LogP contribution is -2.49. The Balaban J connectivity index is 1.69. The van der Waals surface area contributed by atoms with E-state index in [1.54, 1.807) is 0 Å². The summed E-state index contributed by atoms with van der Waals surface area (Å²) in [7, 11) is 0. The minimum Gasteiger partial charge on any atom is -0.343 e. The van der Waals surface area contributed by atoms with E-state index in [-0.39, 0.29) is 22.2 Å². The molecule has 0 spiro atoms. The lowest BCUT2D eigenvalue weighted by Gasteiger charge is -2.22. The van der Waals surface area contributed by atoms with Gasteiger partial charge in [0.2, 0.25) is 5.91 Å². The molecule has 0 aliphatic carbocycles. The minimum absolute atomic E-state index is 0.0939. The quantitative estimate of drug-likeness (QED) is 0.259. The molecule has 1 N–H and O–H groups in total. The molecule has 3 aromatic heterocycles. The van der Waals surface area contributed by atoms with Gasteiger partial charge in [-0.1, -0.05) is 11.6 Å². The van der Waals surface area contributed by atoms with E-state index in [9.17, 15) is 49.1 Å². The van der Waals surface area contributed by atoms with Crippen molar-refractivity contribution in [3.05, 3.63) is 75.8 Å². The van der Waals surface area contributed by atoms with Crippen molar-refractivity contribution in [2.45, 2.75) is 50.5 Å². The van der Waals surface area contributed by atoms with E-state index in [4.69, 9.17) is 11.6 Å². The summed E-state index contributed by atoms with van der Waals surface area (Å²) in [6.45, 7) is -1.91. The average Bonchev–Trinajstić information content (AvgIpc) is 3.51. The van der Waals surface area contributed by atoms with Gasteiger partial charge in [0.25, 0.3) is 0 Å². The standard InChI is InChI=1S/C24H18ClF9N8O2/c25-14-5-3-13(4-6-14)19-39-41(11-17-36-12-42(38-17)20-15(23(29,30)31)2-1-9-35-20)21(44)40(19)10-16(24(32,33)34)37-18(43)7-8-22(26,27)28/h1-6,9,12,16H,7-8,10-11H2,(H,37,43). The molecule has 0 fully saturated rings. The van der Waals surface area contributed by atoms with Gasteiger partial charge < -0.3 is 5.32 Å². The van der Waals surface area contributed by atoms with Gasteiger partial charge in [-0.15, -0.1) is 10.2 Å². The molecule has 0 radical (unpaired) electrons. The lowest BCUT2D eigenvalue weighted by molar-refractivity contribution is -0.166. The fourth-order valence-electron chi connectivity index (χ4n) is 3.86. The van der Waals surface area contributed by atoms with Crippen LogP contribution in [-0.2, 0) is 24.1 Å². The van der Waals surface area contributed by atoms with Crippen LogP contribution in [0.3, 0.4) is 0 Å². The van der Waals surface area contributed by atoms with E-state index in [1.807, 2.05) is 0 Å². The molecular weight excluding hydrogens is 639 g/mol. The SMILES string of the molecule is O=C(CCC(F)(F)F)NC(Cn1c(-c2ccc(Cl)cc2)nn(Cc2ncn(-c3ncccc3C(F)(F)F)n2)c1=O)C(F)(F)F. The highest BCUT2D eigenvalue weighted by Gasteiger charge is 2.42. The molecule has 236 valence electrons. The van der Waals surface area contributed by atoms with Gasteiger partial charge in [0.05, 0.1) is 13.0 Å². The van der Waals surface area contributed by atoms with Crippen molar-refractivity contribution in [2.75, 3.05) is 0 Å². The second-order valence-electron chi connectivity index (χ2n) is 9.14. The normalized spacial score (nSPS) is 13.2. The van der Waals surface area contributed by atoms with Crippen molar-refractivity contribution in [3.8, 4) is 17.2 Å². The Hall–Kier alpha value is -4.42. The van der Waals surface area contributed by atoms with E-state index in [2.05, 4.69) is 20.2 Å². The van der Waals surface area contributed by atoms with E-state index in [1.165, 1.54) is 29.6 Å². The first-order valence-electron chi connectivity index (χ1n) is 12.2. The Morgan fingerprint density at radius 2 is 1.64 bits per heavy atom. The number of pyridine rings is 1. The van der Waals surface area contributed by atoms with E-state index < -0.39 is 73.5 Å². The monoisotopic (exact) mass is 656 g/mol. The fourth-order valence-corrected chi connectivity index (χ4v) is 3.99. The summed E-state index contributed by atoms with van der Waals surface area (Å²) in [5, 5.41) is 9.63. The Kier molecular flexibility index (Phi) is 9.08. The highest BCUT2D eigenvalue weighted by molar-refractivity contribution is 6.30. The van der Waals surface area contributed by atoms with Crippen LogP contribution in [0.15, 0.2) is 53.7 Å². The van der Waals surface area contributed by atoms with Crippen LogP contribution in [0.2, 0.25) is 5.02 Å². The van der Waals surface area contributed by atoms with Crippen LogP contribution in [0.1, 0.15) is 24.2 Å². The van der Waals surface area contributed by atoms with Crippen LogP contribution < -0.4 is 11.0 Å². The van der Waals surface area contributed by atoms with Crippen molar-refractivity contribution in [1.29, 1.82) is 0 Å². The second-order valence-corrected chi connectivity index (χ2v) is 9.57. The molecule has 0 saturated heterocycles. The molecule has 1 amide bonds. The zero-order valence-electron chi connectivity index (χ0n) is 21.8. The Labute approximate surface area is 245 Å². The highest BCUT2D eigenvalue weighted by atomic mass is 35.5. The van der Waals surface area contributed by atoms with Gasteiger partial charge in [0.15, 0.2) is 17.5 Å². The van der Waals surface area contributed by atoms with E-state index in [0.717, 1.165) is 24.7 Å². The molecule has 0 aliphatic rings. The summed E-state index contributed by atoms with van der Waals surface area (Å²) in [6.07, 6.45) is -15.8. The molecule has 0 aliphatic heterocycles. The highest BCUT2D eigenvalue weighted by Crippen LogP contribution is 2.32. The number of hydrogen-bond acceptors (Lipinski definition) is 6. The largest absolute Gasteiger partial charge is 0.420 e. The van der Waals surface area contributed by atoms with Gasteiger partial charge in [0.1, 0.15) is 24.5 Å². The van der Waals surface area contributed by atoms with Gasteiger partial charge >= 0.3 is 24.2 Å². The summed E-state index contributed by atoms with van der Waals surface area (Å²) >= 11 is 5.87. The van der Waals surface area contributed by atoms with E-state index >= 15 is 0 Å². The maximum absolute atomic E-state index is 13.9. The first kappa shape index (κ1) is 32.5. The molecule has 1 aromatic carbocycles. The minimum atomic E-state index is -5.20. The molecule has 4 rings (SSSR count). The number of hydrogen-bond donors (Lipinski definition) is 1. The number of alkyl halides is 9. The van der Waals surface area contributed by atoms with Gasteiger partial charge in [-0.2, -0.15) is 39.5 Å². The Morgan fingerprint density at radius 3 is 2.25 bits per heavy atom. The van der Waals surface area contributed by atoms with E-state index in [0.29, 0.717) is 13.9 Å². The summed E-state index contributed by atoms with van der Waals surface area (Å²) in [5.41, 5.74) is -2.23. The number of aromatic nitrogens is 7. The van der Waals surface area contributed by atoms with Crippen molar-refractivity contribution >= 4 is 17.5 Å². The molecule has 0 saturated carbocycles. The summed E-state index contributed by atoms with van der Waals surface area (Å²) in [5.74, 6) is -2.81. The molecule has 1 unspecified atom stereocenters. The molecular formula is C24H18ClF9N8O2. The average molecular weight is 657 g/mol. The Bertz CT molecular complexity index is 1670. The fraction of sp³-hybridized carbons (Fsp3) is 0.333. The second kappa shape index (κ2) is 12.3. The van der Waals surface area contributed by atoms with Crippen LogP contribution in [0.25, 0.3) is 17.2 Å². The van der Waals surface area contributed by atoms with Gasteiger partial charge in [0, 0.05) is 23.2 Å². The number of nitrogens with zero attached hydrogens (tertiary/aromatic N) is 7. The number of carbonyl (C=O) groups is 1. The zero-order valence-corrected chi connectivity index (χ0v) is 22.5. The van der Waals surface area contributed by atoms with Crippen molar-refractivity contribution in [1.82, 2.24) is 39.4 Å². The summed E-state index contributed by atoms with van der Waals surface area (Å²) < 4.78 is 121. The molecule has 20 heteroatoms. The molecule has 10 nitrogen and oxygen atoms in total. The number of carbonyl (C=O) groups excluding carboxylic acids is 1. The third-order valence-corrected chi connectivity index (χ3v) is 6.15. The number of halogens is 10. The smallest absolute Gasteiger partial charge is 0.343 e. The van der Waals surface area contributed by atoms with Gasteiger partial charge in [-0.3, -0.25) is 9.36 Å². The summed E-state index contributed by atoms with van der Waals surface area (Å²) in [6, 6.07) is 4.35. The van der Waals surface area contributed by atoms with Gasteiger partial charge in [-0.05, 0) is 36.4 Å². The van der Waals surface area contributed by atoms with Crippen molar-refractivity contribution in [3.63, 3.8) is 0 Å². The Morgan fingerprint density at radius 1 is 0.955 bits per heavy atom. The first-order valence-corrected chi connectivity index (χ1v) is 12.6. The summed E-state index contributed by atoms with van der Waals surface area (Å²) in [4.78, 5) is 32.7. The molecule has 4 aromatic rings. The maximum atomic E-state index is 13.9. The predicted octanol–water partition coefficient (Wildman–Crippen LogP) is 4.80. The first-order chi connectivity index (χ1) is 20.4. The van der Waals surface area contributed by atoms with Crippen molar-refractivity contribution < 1.29 is 44.3 Å². The number of benzene rings is 1. The van der Waals surface area contributed by atoms with Gasteiger partial charge in [-0.25, -0.2) is 24.1 Å². The lowest BCUT2D eigenvalue weighted by atomic mass is 10.2. The number of rotatable bonds is 9. The van der Waals surface area contributed by atoms with Crippen LogP contribution in [0.4, 0.5) is 39.5 Å². The third kappa shape index (κ3) is 7.94. The van der Waals surface area contributed by atoms with Crippen LogP contribution >= 0.6 is 11.6 Å². The number of amides is 1. The predicted molar refractivity (Wildman–Crippen MR) is 133 cm³/mol. The molecule has 44 heavy (non-hydrogen) atoms. The van der Waals surface area contributed by atoms with Crippen LogP contribution in [-0.4, -0.2) is 58.4 Å². The molecule has 1 atom stereocenters. The number of nitrogens with one attached hydrogen (secondary N) is 1. The molecule has 0 bridgehead atoms. The zero-order chi connectivity index (χ0) is 32.4. The van der Waals surface area contributed by atoms with Crippen molar-refractivity contribution in [2.24, 2.45) is 0 Å². The third-order valence-electron chi connectivity index (χ3n) is 5.90. The van der Waals surface area contributed by atoms with Crippen LogP contribution in [0.5, 0.6) is 0 Å². The maximum Gasteiger partial charge on any atom is 0.420 e. The topological polar surface area (TPSA) is 113 Å². The van der Waals surface area contributed by atoms with Crippen LogP contribution in [0, 0.1) is 0 Å². The molecule has 3 heterocycles.